The van der Waals surface area contributed by atoms with Crippen LogP contribution in [0.25, 0.3) is 0 Å². The number of amides is 1. The standard InChI is InChI=1S/C18H24F3N3O/c19-18(20,21)17(16(25)23-10-15(22)14-6-7-14)8-9-24(12-17)11-13-4-2-1-3-5-13/h1-5,14-15H,6-12,22H2,(H,23,25). The molecule has 0 radical (unpaired) electrons. The smallest absolute Gasteiger partial charge is 0.354 e. The molecule has 1 amide bonds. The third-order valence-electron chi connectivity index (χ3n) is 5.30. The van der Waals surface area contributed by atoms with E-state index in [0.717, 1.165) is 18.4 Å². The molecule has 1 saturated heterocycles. The number of halogens is 3. The lowest BCUT2D eigenvalue weighted by atomic mass is 9.85. The molecule has 138 valence electrons. The van der Waals surface area contributed by atoms with Crippen LogP contribution in [0.4, 0.5) is 13.2 Å². The lowest BCUT2D eigenvalue weighted by Gasteiger charge is -2.31. The summed E-state index contributed by atoms with van der Waals surface area (Å²) in [5, 5.41) is 2.47. The predicted molar refractivity (Wildman–Crippen MR) is 88.5 cm³/mol. The summed E-state index contributed by atoms with van der Waals surface area (Å²) in [7, 11) is 0. The summed E-state index contributed by atoms with van der Waals surface area (Å²) in [6.07, 6.45) is -2.81. The van der Waals surface area contributed by atoms with E-state index in [4.69, 9.17) is 5.73 Å². The Morgan fingerprint density at radius 3 is 2.60 bits per heavy atom. The molecule has 1 aromatic carbocycles. The zero-order valence-corrected chi connectivity index (χ0v) is 14.1. The third-order valence-corrected chi connectivity index (χ3v) is 5.30. The van der Waals surface area contributed by atoms with E-state index in [9.17, 15) is 18.0 Å². The number of carbonyl (C=O) groups is 1. The van der Waals surface area contributed by atoms with Gasteiger partial charge in [-0.2, -0.15) is 13.2 Å². The molecule has 2 fully saturated rings. The van der Waals surface area contributed by atoms with Crippen LogP contribution >= 0.6 is 0 Å². The second kappa shape index (κ2) is 6.96. The van der Waals surface area contributed by atoms with Crippen LogP contribution in [0, 0.1) is 11.3 Å². The molecular formula is C18H24F3N3O. The molecular weight excluding hydrogens is 331 g/mol. The van der Waals surface area contributed by atoms with Crippen LogP contribution in [0.15, 0.2) is 30.3 Å². The van der Waals surface area contributed by atoms with Crippen LogP contribution in [0.2, 0.25) is 0 Å². The van der Waals surface area contributed by atoms with Crippen molar-refractivity contribution in [1.82, 2.24) is 10.2 Å². The molecule has 1 aliphatic heterocycles. The molecule has 2 atom stereocenters. The molecule has 4 nitrogen and oxygen atoms in total. The highest BCUT2D eigenvalue weighted by Gasteiger charge is 2.62. The van der Waals surface area contributed by atoms with E-state index in [2.05, 4.69) is 5.32 Å². The highest BCUT2D eigenvalue weighted by molar-refractivity contribution is 5.84. The van der Waals surface area contributed by atoms with Gasteiger partial charge < -0.3 is 11.1 Å². The first-order valence-corrected chi connectivity index (χ1v) is 8.69. The number of carbonyl (C=O) groups excluding carboxylic acids is 1. The van der Waals surface area contributed by atoms with Crippen molar-refractivity contribution in [2.24, 2.45) is 17.1 Å². The Bertz CT molecular complexity index is 603. The van der Waals surface area contributed by atoms with Crippen LogP contribution in [-0.2, 0) is 11.3 Å². The average molecular weight is 355 g/mol. The molecule has 7 heteroatoms. The summed E-state index contributed by atoms with van der Waals surface area (Å²) >= 11 is 0. The van der Waals surface area contributed by atoms with Gasteiger partial charge in [-0.15, -0.1) is 0 Å². The Labute approximate surface area is 145 Å². The van der Waals surface area contributed by atoms with Gasteiger partial charge in [0.1, 0.15) is 0 Å². The van der Waals surface area contributed by atoms with Gasteiger partial charge in [0.05, 0.1) is 0 Å². The topological polar surface area (TPSA) is 58.4 Å². The van der Waals surface area contributed by atoms with E-state index >= 15 is 0 Å². The minimum atomic E-state index is -4.58. The molecule has 1 heterocycles. The Hall–Kier alpha value is -1.60. The van der Waals surface area contributed by atoms with Gasteiger partial charge in [0.15, 0.2) is 5.41 Å². The highest BCUT2D eigenvalue weighted by atomic mass is 19.4. The lowest BCUT2D eigenvalue weighted by Crippen LogP contribution is -2.54. The molecule has 0 spiro atoms. The van der Waals surface area contributed by atoms with Crippen LogP contribution in [-0.4, -0.2) is 42.7 Å². The number of benzene rings is 1. The van der Waals surface area contributed by atoms with Gasteiger partial charge in [-0.3, -0.25) is 9.69 Å². The van der Waals surface area contributed by atoms with Crippen molar-refractivity contribution in [2.75, 3.05) is 19.6 Å². The van der Waals surface area contributed by atoms with Gasteiger partial charge in [0.25, 0.3) is 0 Å². The van der Waals surface area contributed by atoms with Gasteiger partial charge in [-0.1, -0.05) is 30.3 Å². The van der Waals surface area contributed by atoms with Crippen molar-refractivity contribution < 1.29 is 18.0 Å². The van der Waals surface area contributed by atoms with Crippen molar-refractivity contribution in [3.8, 4) is 0 Å². The van der Waals surface area contributed by atoms with Crippen molar-refractivity contribution in [2.45, 2.75) is 38.0 Å². The number of rotatable bonds is 6. The fourth-order valence-electron chi connectivity index (χ4n) is 3.48. The average Bonchev–Trinajstić information content (AvgIpc) is 3.33. The monoisotopic (exact) mass is 355 g/mol. The van der Waals surface area contributed by atoms with Gasteiger partial charge in [-0.25, -0.2) is 0 Å². The van der Waals surface area contributed by atoms with Crippen molar-refractivity contribution in [1.29, 1.82) is 0 Å². The zero-order valence-electron chi connectivity index (χ0n) is 14.1. The van der Waals surface area contributed by atoms with Crippen LogP contribution in [0.5, 0.6) is 0 Å². The second-order valence-corrected chi connectivity index (χ2v) is 7.24. The summed E-state index contributed by atoms with van der Waals surface area (Å²) in [5.41, 5.74) is 4.50. The van der Waals surface area contributed by atoms with Crippen LogP contribution in [0.1, 0.15) is 24.8 Å². The van der Waals surface area contributed by atoms with E-state index in [0.29, 0.717) is 12.5 Å². The number of nitrogens with zero attached hydrogens (tertiary/aromatic N) is 1. The number of likely N-dealkylation sites (tertiary alicyclic amines) is 1. The van der Waals surface area contributed by atoms with Gasteiger partial charge in [-0.05, 0) is 37.3 Å². The van der Waals surface area contributed by atoms with Gasteiger partial charge >= 0.3 is 6.18 Å². The number of nitrogens with two attached hydrogens (primary N) is 1. The Morgan fingerprint density at radius 1 is 1.32 bits per heavy atom. The Balaban J connectivity index is 1.66. The van der Waals surface area contributed by atoms with E-state index in [-0.39, 0.29) is 32.1 Å². The minimum Gasteiger partial charge on any atom is -0.354 e. The maximum atomic E-state index is 13.8. The van der Waals surface area contributed by atoms with Gasteiger partial charge in [0.2, 0.25) is 5.91 Å². The van der Waals surface area contributed by atoms with Crippen molar-refractivity contribution >= 4 is 5.91 Å². The molecule has 1 aliphatic carbocycles. The molecule has 3 N–H and O–H groups in total. The number of hydrogen-bond acceptors (Lipinski definition) is 3. The second-order valence-electron chi connectivity index (χ2n) is 7.24. The molecule has 2 aliphatic rings. The normalized spacial score (nSPS) is 25.8. The van der Waals surface area contributed by atoms with E-state index in [1.807, 2.05) is 30.3 Å². The molecule has 1 saturated carbocycles. The Morgan fingerprint density at radius 2 is 2.00 bits per heavy atom. The minimum absolute atomic E-state index is 0.111. The predicted octanol–water partition coefficient (Wildman–Crippen LogP) is 2.29. The number of nitrogens with one attached hydrogen (secondary N) is 1. The van der Waals surface area contributed by atoms with E-state index in [1.54, 1.807) is 4.90 Å². The quantitative estimate of drug-likeness (QED) is 0.823. The number of alkyl halides is 3. The molecule has 0 bridgehead atoms. The third kappa shape index (κ3) is 3.98. The first-order chi connectivity index (χ1) is 11.8. The fourth-order valence-corrected chi connectivity index (χ4v) is 3.48. The van der Waals surface area contributed by atoms with Gasteiger partial charge in [0, 0.05) is 25.7 Å². The number of hydrogen-bond donors (Lipinski definition) is 2. The lowest BCUT2D eigenvalue weighted by molar-refractivity contribution is -0.218. The summed E-state index contributed by atoms with van der Waals surface area (Å²) in [6, 6.07) is 9.08. The van der Waals surface area contributed by atoms with Crippen molar-refractivity contribution in [3.05, 3.63) is 35.9 Å². The molecule has 0 aromatic heterocycles. The molecule has 25 heavy (non-hydrogen) atoms. The zero-order chi connectivity index (χ0) is 18.1. The summed E-state index contributed by atoms with van der Waals surface area (Å²) in [6.45, 7) is 0.458. The molecule has 2 unspecified atom stereocenters. The summed E-state index contributed by atoms with van der Waals surface area (Å²) in [4.78, 5) is 14.1. The first-order valence-electron chi connectivity index (χ1n) is 8.69. The largest absolute Gasteiger partial charge is 0.404 e. The SMILES string of the molecule is NC(CNC(=O)C1(C(F)(F)F)CCN(Cc2ccccc2)C1)C1CC1. The molecule has 1 aromatic rings. The van der Waals surface area contributed by atoms with E-state index < -0.39 is 17.5 Å². The maximum Gasteiger partial charge on any atom is 0.404 e. The van der Waals surface area contributed by atoms with E-state index in [1.165, 1.54) is 0 Å². The van der Waals surface area contributed by atoms with Crippen molar-refractivity contribution in [3.63, 3.8) is 0 Å². The summed E-state index contributed by atoms with van der Waals surface area (Å²) in [5.74, 6) is -0.605. The van der Waals surface area contributed by atoms with Crippen LogP contribution in [0.3, 0.4) is 0 Å². The molecule has 3 rings (SSSR count). The fraction of sp³-hybridized carbons (Fsp3) is 0.611. The van der Waals surface area contributed by atoms with Crippen LogP contribution < -0.4 is 11.1 Å². The Kier molecular flexibility index (Phi) is 5.06. The highest BCUT2D eigenvalue weighted by Crippen LogP contribution is 2.46. The maximum absolute atomic E-state index is 13.8. The first kappa shape index (κ1) is 18.2. The summed E-state index contributed by atoms with van der Waals surface area (Å²) < 4.78 is 41.3.